The third kappa shape index (κ3) is 3.20. The average Bonchev–Trinajstić information content (AvgIpc) is 3.43. The number of carbonyl (C=O) groups is 1. The number of aryl methyl sites for hydroxylation is 2. The lowest BCUT2D eigenvalue weighted by atomic mass is 9.97. The number of anilines is 2. The highest BCUT2D eigenvalue weighted by Crippen LogP contribution is 2.57. The molecule has 3 aromatic rings. The molecule has 1 aromatic carbocycles. The Hall–Kier alpha value is -2.84. The molecule has 1 aliphatic carbocycles. The number of rotatable bonds is 3. The Bertz CT molecular complexity index is 1200. The smallest absolute Gasteiger partial charge is 0.254 e. The molecule has 4 heterocycles. The van der Waals surface area contributed by atoms with E-state index in [1.807, 2.05) is 43.3 Å². The predicted molar refractivity (Wildman–Crippen MR) is 124 cm³/mol. The van der Waals surface area contributed by atoms with Crippen molar-refractivity contribution >= 4 is 28.9 Å². The number of aromatic nitrogens is 3. The van der Waals surface area contributed by atoms with Crippen molar-refractivity contribution in [3.63, 3.8) is 0 Å². The number of nitrogens with zero attached hydrogens (tertiary/aromatic N) is 5. The maximum atomic E-state index is 13.1. The van der Waals surface area contributed by atoms with Crippen LogP contribution in [0.5, 0.6) is 0 Å². The van der Waals surface area contributed by atoms with Gasteiger partial charge < -0.3 is 14.5 Å². The van der Waals surface area contributed by atoms with E-state index in [1.165, 1.54) is 18.4 Å². The Morgan fingerprint density at radius 2 is 1.88 bits per heavy atom. The van der Waals surface area contributed by atoms with Crippen LogP contribution < -0.4 is 4.90 Å². The molecule has 164 valence electrons. The first-order valence-corrected chi connectivity index (χ1v) is 11.9. The molecule has 1 amide bonds. The molecule has 6 rings (SSSR count). The van der Waals surface area contributed by atoms with E-state index >= 15 is 0 Å². The van der Waals surface area contributed by atoms with Gasteiger partial charge in [0.2, 0.25) is 5.95 Å². The van der Waals surface area contributed by atoms with Gasteiger partial charge in [-0.25, -0.2) is 15.0 Å². The van der Waals surface area contributed by atoms with Crippen LogP contribution in [0.15, 0.2) is 30.6 Å². The van der Waals surface area contributed by atoms with Crippen LogP contribution in [0.1, 0.15) is 39.5 Å². The molecule has 3 aliphatic rings. The zero-order valence-electron chi connectivity index (χ0n) is 18.3. The first kappa shape index (κ1) is 19.8. The molecule has 2 aromatic heterocycles. The first-order valence-electron chi connectivity index (χ1n) is 11.1. The van der Waals surface area contributed by atoms with Crippen molar-refractivity contribution < 1.29 is 9.53 Å². The highest BCUT2D eigenvalue weighted by atomic mass is 32.1. The monoisotopic (exact) mass is 447 g/mol. The minimum Gasteiger partial charge on any atom is -0.378 e. The van der Waals surface area contributed by atoms with Gasteiger partial charge in [0.05, 0.1) is 28.8 Å². The van der Waals surface area contributed by atoms with Crippen LogP contribution in [0.25, 0.3) is 10.4 Å². The molecular weight excluding hydrogens is 422 g/mol. The standard InChI is InChI=1S/C24H25N5O2S/c1-15-21(32-16(2)27-15)18-12-25-23(26-13-18)29-14-24(5-6-24)19-4-3-17(11-20(19)29)22(30)28-7-9-31-10-8-28/h3-4,11-13H,5-10,14H2,1-2H3. The van der Waals surface area contributed by atoms with Crippen molar-refractivity contribution in [3.8, 4) is 10.4 Å². The van der Waals surface area contributed by atoms with Crippen LogP contribution in [0.2, 0.25) is 0 Å². The lowest BCUT2D eigenvalue weighted by molar-refractivity contribution is 0.0303. The summed E-state index contributed by atoms with van der Waals surface area (Å²) >= 11 is 1.67. The Morgan fingerprint density at radius 3 is 2.53 bits per heavy atom. The molecule has 0 bridgehead atoms. The van der Waals surface area contributed by atoms with E-state index < -0.39 is 0 Å². The van der Waals surface area contributed by atoms with Crippen molar-refractivity contribution in [1.29, 1.82) is 0 Å². The van der Waals surface area contributed by atoms with Crippen LogP contribution in [-0.4, -0.2) is 58.6 Å². The maximum Gasteiger partial charge on any atom is 0.254 e. The van der Waals surface area contributed by atoms with Gasteiger partial charge in [0.15, 0.2) is 0 Å². The molecule has 0 unspecified atom stereocenters. The van der Waals surface area contributed by atoms with Gasteiger partial charge >= 0.3 is 0 Å². The van der Waals surface area contributed by atoms with Crippen LogP contribution in [0.4, 0.5) is 11.6 Å². The van der Waals surface area contributed by atoms with E-state index in [9.17, 15) is 4.79 Å². The highest BCUT2D eigenvalue weighted by Gasteiger charge is 2.52. The maximum absolute atomic E-state index is 13.1. The van der Waals surface area contributed by atoms with E-state index in [0.717, 1.165) is 38.9 Å². The van der Waals surface area contributed by atoms with Crippen molar-refractivity contribution in [2.75, 3.05) is 37.7 Å². The number of morpholine rings is 1. The van der Waals surface area contributed by atoms with Gasteiger partial charge in [-0.1, -0.05) is 6.07 Å². The van der Waals surface area contributed by atoms with Gasteiger partial charge in [-0.3, -0.25) is 4.79 Å². The second-order valence-corrected chi connectivity index (χ2v) is 10.1. The second-order valence-electron chi connectivity index (χ2n) is 8.92. The Balaban J connectivity index is 1.33. The summed E-state index contributed by atoms with van der Waals surface area (Å²) in [4.78, 5) is 32.2. The summed E-state index contributed by atoms with van der Waals surface area (Å²) in [7, 11) is 0. The zero-order valence-corrected chi connectivity index (χ0v) is 19.1. The van der Waals surface area contributed by atoms with Crippen molar-refractivity contribution in [1.82, 2.24) is 19.9 Å². The molecule has 32 heavy (non-hydrogen) atoms. The van der Waals surface area contributed by atoms with Gasteiger partial charge in [0.25, 0.3) is 5.91 Å². The fourth-order valence-electron chi connectivity index (χ4n) is 4.89. The molecule has 1 saturated carbocycles. The van der Waals surface area contributed by atoms with Crippen molar-refractivity contribution in [2.45, 2.75) is 32.1 Å². The summed E-state index contributed by atoms with van der Waals surface area (Å²) in [6.07, 6.45) is 6.13. The quantitative estimate of drug-likeness (QED) is 0.607. The Labute approximate surface area is 191 Å². The number of benzene rings is 1. The summed E-state index contributed by atoms with van der Waals surface area (Å²) in [6.45, 7) is 7.40. The summed E-state index contributed by atoms with van der Waals surface area (Å²) in [5, 5.41) is 1.04. The molecule has 1 spiro atoms. The molecule has 7 nitrogen and oxygen atoms in total. The van der Waals surface area contributed by atoms with Crippen molar-refractivity contribution in [2.24, 2.45) is 0 Å². The third-order valence-corrected chi connectivity index (χ3v) is 7.89. The van der Waals surface area contributed by atoms with Crippen LogP contribution in [-0.2, 0) is 10.2 Å². The van der Waals surface area contributed by atoms with E-state index in [1.54, 1.807) is 11.3 Å². The van der Waals surface area contributed by atoms with Gasteiger partial charge in [-0.2, -0.15) is 0 Å². The predicted octanol–water partition coefficient (Wildman–Crippen LogP) is 3.87. The number of carbonyl (C=O) groups excluding carboxylic acids is 1. The number of hydrogen-bond donors (Lipinski definition) is 0. The van der Waals surface area contributed by atoms with E-state index in [4.69, 9.17) is 14.7 Å². The van der Waals surface area contributed by atoms with E-state index in [2.05, 4.69) is 16.0 Å². The minimum atomic E-state index is 0.0695. The number of hydrogen-bond acceptors (Lipinski definition) is 7. The average molecular weight is 448 g/mol. The van der Waals surface area contributed by atoms with Gasteiger partial charge in [0, 0.05) is 54.3 Å². The first-order chi connectivity index (χ1) is 15.5. The van der Waals surface area contributed by atoms with Gasteiger partial charge in [-0.15, -0.1) is 11.3 Å². The van der Waals surface area contributed by atoms with E-state index in [-0.39, 0.29) is 11.3 Å². The summed E-state index contributed by atoms with van der Waals surface area (Å²) in [5.41, 5.74) is 5.30. The number of fused-ring (bicyclic) bond motifs is 2. The van der Waals surface area contributed by atoms with Gasteiger partial charge in [0.1, 0.15) is 0 Å². The summed E-state index contributed by atoms with van der Waals surface area (Å²) < 4.78 is 5.40. The highest BCUT2D eigenvalue weighted by molar-refractivity contribution is 7.15. The SMILES string of the molecule is Cc1nc(C)c(-c2cnc(N3CC4(CC4)c4ccc(C(=O)N5CCOCC5)cc43)nc2)s1. The van der Waals surface area contributed by atoms with Gasteiger partial charge in [-0.05, 0) is 44.4 Å². The molecule has 1 saturated heterocycles. The normalized spacial score (nSPS) is 18.8. The molecule has 0 atom stereocenters. The fraction of sp³-hybridized carbons (Fsp3) is 0.417. The molecule has 0 radical (unpaired) electrons. The molecule has 2 fully saturated rings. The topological polar surface area (TPSA) is 71.5 Å². The Kier molecular flexibility index (Phi) is 4.55. The molecule has 8 heteroatoms. The van der Waals surface area contributed by atoms with Crippen LogP contribution >= 0.6 is 11.3 Å². The third-order valence-electron chi connectivity index (χ3n) is 6.76. The number of ether oxygens (including phenoxy) is 1. The number of amides is 1. The van der Waals surface area contributed by atoms with Crippen LogP contribution in [0.3, 0.4) is 0 Å². The Morgan fingerprint density at radius 1 is 1.12 bits per heavy atom. The van der Waals surface area contributed by atoms with Crippen molar-refractivity contribution in [3.05, 3.63) is 52.4 Å². The minimum absolute atomic E-state index is 0.0695. The molecule has 2 aliphatic heterocycles. The summed E-state index contributed by atoms with van der Waals surface area (Å²) in [5.74, 6) is 0.758. The molecular formula is C24H25N5O2S. The zero-order chi connectivity index (χ0) is 21.9. The fourth-order valence-corrected chi connectivity index (χ4v) is 5.79. The van der Waals surface area contributed by atoms with Crippen LogP contribution in [0, 0.1) is 13.8 Å². The lowest BCUT2D eigenvalue weighted by Crippen LogP contribution is -2.40. The van der Waals surface area contributed by atoms with E-state index in [0.29, 0.717) is 32.3 Å². The summed E-state index contributed by atoms with van der Waals surface area (Å²) in [6, 6.07) is 6.17. The number of thiazole rings is 1. The lowest BCUT2D eigenvalue weighted by Gasteiger charge is -2.27. The second kappa shape index (κ2) is 7.35. The largest absolute Gasteiger partial charge is 0.378 e. The molecule has 0 N–H and O–H groups in total.